The third-order valence-corrected chi connectivity index (χ3v) is 3.23. The predicted octanol–water partition coefficient (Wildman–Crippen LogP) is 2.56. The Balaban J connectivity index is 2.37. The van der Waals surface area contributed by atoms with E-state index in [2.05, 4.69) is 20.8 Å². The van der Waals surface area contributed by atoms with Gasteiger partial charge in [-0.2, -0.15) is 0 Å². The van der Waals surface area contributed by atoms with Crippen molar-refractivity contribution in [2.75, 3.05) is 11.9 Å². The quantitative estimate of drug-likeness (QED) is 0.685. The van der Waals surface area contributed by atoms with Gasteiger partial charge in [0.25, 0.3) is 0 Å². The molecule has 1 aliphatic carbocycles. The van der Waals surface area contributed by atoms with Gasteiger partial charge in [0.1, 0.15) is 0 Å². The fourth-order valence-corrected chi connectivity index (χ4v) is 1.89. The lowest BCUT2D eigenvalue weighted by molar-refractivity contribution is -0.134. The lowest BCUT2D eigenvalue weighted by atomic mass is 9.91. The average molecular weight is 248 g/mol. The molecule has 0 bridgehead atoms. The number of alkyl halides is 1. The molecule has 1 rings (SSSR count). The number of rotatable bonds is 5. The van der Waals surface area contributed by atoms with Crippen LogP contribution in [-0.4, -0.2) is 28.7 Å². The van der Waals surface area contributed by atoms with Crippen LogP contribution in [0.1, 0.15) is 39.0 Å². The summed E-state index contributed by atoms with van der Waals surface area (Å²) in [6, 6.07) is 0.562. The van der Waals surface area contributed by atoms with E-state index >= 15 is 0 Å². The largest absolute Gasteiger partial charge is 0.340 e. The van der Waals surface area contributed by atoms with Crippen LogP contribution in [0.4, 0.5) is 0 Å². The molecule has 2 nitrogen and oxygen atoms in total. The van der Waals surface area contributed by atoms with Crippen molar-refractivity contribution < 1.29 is 4.79 Å². The minimum atomic E-state index is 0.325. The molecule has 1 amide bonds. The number of carbonyl (C=O) groups excluding carboxylic acids is 1. The van der Waals surface area contributed by atoms with E-state index in [0.717, 1.165) is 18.3 Å². The van der Waals surface area contributed by atoms with Crippen LogP contribution in [-0.2, 0) is 4.79 Å². The number of carbonyl (C=O) groups is 1. The molecule has 1 saturated carbocycles. The summed E-state index contributed by atoms with van der Waals surface area (Å²) < 4.78 is 0. The van der Waals surface area contributed by atoms with Crippen LogP contribution in [0.25, 0.3) is 0 Å². The Morgan fingerprint density at radius 3 is 2.62 bits per heavy atom. The summed E-state index contributed by atoms with van der Waals surface area (Å²) >= 11 is 3.40. The third-order valence-electron chi connectivity index (χ3n) is 2.67. The van der Waals surface area contributed by atoms with Crippen molar-refractivity contribution in [3.05, 3.63) is 0 Å². The molecule has 3 heteroatoms. The van der Waals surface area contributed by atoms with Gasteiger partial charge in [-0.3, -0.25) is 4.79 Å². The first-order valence-electron chi connectivity index (χ1n) is 5.15. The zero-order chi connectivity index (χ0) is 9.68. The van der Waals surface area contributed by atoms with Gasteiger partial charge in [-0.15, -0.1) is 0 Å². The van der Waals surface area contributed by atoms with E-state index in [1.54, 1.807) is 0 Å². The summed E-state index contributed by atoms with van der Waals surface area (Å²) in [6.45, 7) is 2.88. The molecule has 1 aliphatic rings. The van der Waals surface area contributed by atoms with Gasteiger partial charge in [0.15, 0.2) is 0 Å². The van der Waals surface area contributed by atoms with Crippen molar-refractivity contribution in [3.8, 4) is 0 Å². The summed E-state index contributed by atoms with van der Waals surface area (Å²) in [7, 11) is 0. The van der Waals surface area contributed by atoms with Crippen molar-refractivity contribution >= 4 is 21.8 Å². The fraction of sp³-hybridized carbons (Fsp3) is 0.900. The first-order chi connectivity index (χ1) is 6.29. The van der Waals surface area contributed by atoms with Crippen LogP contribution < -0.4 is 0 Å². The lowest BCUT2D eigenvalue weighted by Crippen LogP contribution is -2.44. The maximum Gasteiger partial charge on any atom is 0.222 e. The summed E-state index contributed by atoms with van der Waals surface area (Å²) in [5.74, 6) is 0.325. The van der Waals surface area contributed by atoms with Crippen molar-refractivity contribution in [1.29, 1.82) is 0 Å². The Bertz CT molecular complexity index is 168. The van der Waals surface area contributed by atoms with E-state index in [0.29, 0.717) is 18.4 Å². The molecular weight excluding hydrogens is 230 g/mol. The summed E-state index contributed by atoms with van der Waals surface area (Å²) in [5, 5.41) is 0.993. The Morgan fingerprint density at radius 1 is 1.54 bits per heavy atom. The summed E-state index contributed by atoms with van der Waals surface area (Å²) in [6.07, 6.45) is 5.45. The molecule has 13 heavy (non-hydrogen) atoms. The van der Waals surface area contributed by atoms with Gasteiger partial charge in [0, 0.05) is 24.3 Å². The molecule has 0 aliphatic heterocycles. The van der Waals surface area contributed by atoms with Gasteiger partial charge in [-0.05, 0) is 25.7 Å². The molecule has 0 atom stereocenters. The molecule has 0 heterocycles. The van der Waals surface area contributed by atoms with Crippen molar-refractivity contribution in [2.45, 2.75) is 45.1 Å². The van der Waals surface area contributed by atoms with Crippen molar-refractivity contribution in [2.24, 2.45) is 0 Å². The van der Waals surface area contributed by atoms with E-state index in [4.69, 9.17) is 0 Å². The fourth-order valence-electron chi connectivity index (χ4n) is 1.64. The van der Waals surface area contributed by atoms with Crippen LogP contribution in [0, 0.1) is 0 Å². The topological polar surface area (TPSA) is 20.3 Å². The third kappa shape index (κ3) is 2.97. The molecule has 1 fully saturated rings. The number of nitrogens with zero attached hydrogens (tertiary/aromatic N) is 1. The highest BCUT2D eigenvalue weighted by molar-refractivity contribution is 9.09. The van der Waals surface area contributed by atoms with Gasteiger partial charge in [0.05, 0.1) is 0 Å². The maximum absolute atomic E-state index is 11.6. The Morgan fingerprint density at radius 2 is 2.23 bits per heavy atom. The summed E-state index contributed by atoms with van der Waals surface area (Å²) in [5.41, 5.74) is 0. The SMILES string of the molecule is CCC(=O)N(CCCBr)C1CCC1. The zero-order valence-electron chi connectivity index (χ0n) is 8.26. The van der Waals surface area contributed by atoms with Gasteiger partial charge < -0.3 is 4.90 Å². The second-order valence-corrected chi connectivity index (χ2v) is 4.36. The highest BCUT2D eigenvalue weighted by atomic mass is 79.9. The van der Waals surface area contributed by atoms with E-state index in [-0.39, 0.29) is 0 Å². The molecule has 0 aromatic rings. The Labute approximate surface area is 88.8 Å². The molecule has 0 spiro atoms. The lowest BCUT2D eigenvalue weighted by Gasteiger charge is -2.37. The van der Waals surface area contributed by atoms with Gasteiger partial charge in [0.2, 0.25) is 5.91 Å². The molecule has 0 saturated heterocycles. The second kappa shape index (κ2) is 5.63. The van der Waals surface area contributed by atoms with Gasteiger partial charge in [-0.1, -0.05) is 22.9 Å². The predicted molar refractivity (Wildman–Crippen MR) is 58.1 cm³/mol. The van der Waals surface area contributed by atoms with E-state index in [1.165, 1.54) is 19.3 Å². The highest BCUT2D eigenvalue weighted by Gasteiger charge is 2.26. The number of amides is 1. The smallest absolute Gasteiger partial charge is 0.222 e. The number of hydrogen-bond acceptors (Lipinski definition) is 1. The van der Waals surface area contributed by atoms with E-state index in [9.17, 15) is 4.79 Å². The van der Waals surface area contributed by atoms with Crippen LogP contribution in [0.2, 0.25) is 0 Å². The van der Waals surface area contributed by atoms with E-state index in [1.807, 2.05) is 6.92 Å². The number of halogens is 1. The molecule has 76 valence electrons. The van der Waals surface area contributed by atoms with Crippen LogP contribution in [0.5, 0.6) is 0 Å². The zero-order valence-corrected chi connectivity index (χ0v) is 9.85. The molecule has 0 aromatic carbocycles. The molecule has 0 radical (unpaired) electrons. The molecule has 0 aromatic heterocycles. The Kier molecular flexibility index (Phi) is 4.78. The Hall–Kier alpha value is -0.0500. The van der Waals surface area contributed by atoms with Gasteiger partial charge >= 0.3 is 0 Å². The summed E-state index contributed by atoms with van der Waals surface area (Å²) in [4.78, 5) is 13.6. The first kappa shape index (κ1) is 11.0. The van der Waals surface area contributed by atoms with Crippen molar-refractivity contribution in [1.82, 2.24) is 4.90 Å². The number of hydrogen-bond donors (Lipinski definition) is 0. The molecule has 0 unspecified atom stereocenters. The van der Waals surface area contributed by atoms with Crippen LogP contribution >= 0.6 is 15.9 Å². The molecule has 0 N–H and O–H groups in total. The second-order valence-electron chi connectivity index (χ2n) is 3.57. The van der Waals surface area contributed by atoms with Crippen LogP contribution in [0.15, 0.2) is 0 Å². The average Bonchev–Trinajstić information content (AvgIpc) is 2.07. The van der Waals surface area contributed by atoms with Crippen molar-refractivity contribution in [3.63, 3.8) is 0 Å². The van der Waals surface area contributed by atoms with Gasteiger partial charge in [-0.25, -0.2) is 0 Å². The normalized spacial score (nSPS) is 16.8. The minimum absolute atomic E-state index is 0.325. The van der Waals surface area contributed by atoms with E-state index < -0.39 is 0 Å². The first-order valence-corrected chi connectivity index (χ1v) is 6.27. The monoisotopic (exact) mass is 247 g/mol. The standard InChI is InChI=1S/C10H18BrNO/c1-2-10(13)12(8-4-7-11)9-5-3-6-9/h9H,2-8H2,1H3. The molecular formula is C10H18BrNO. The maximum atomic E-state index is 11.6. The highest BCUT2D eigenvalue weighted by Crippen LogP contribution is 2.25. The van der Waals surface area contributed by atoms with Crippen LogP contribution in [0.3, 0.4) is 0 Å². The minimum Gasteiger partial charge on any atom is -0.340 e.